The Kier molecular flexibility index (Phi) is 4.55. The Balaban J connectivity index is 2.23. The molecule has 3 N–H and O–H groups in total. The molecule has 1 heterocycles. The zero-order valence-electron chi connectivity index (χ0n) is 12.8. The summed E-state index contributed by atoms with van der Waals surface area (Å²) in [4.78, 5) is 4.03. The number of aromatic nitrogens is 1. The van der Waals surface area contributed by atoms with Crippen molar-refractivity contribution in [3.05, 3.63) is 18.5 Å². The number of rotatable bonds is 4. The summed E-state index contributed by atoms with van der Waals surface area (Å²) >= 11 is 0. The van der Waals surface area contributed by atoms with E-state index in [0.717, 1.165) is 25.7 Å². The van der Waals surface area contributed by atoms with Crippen LogP contribution in [0, 0.1) is 5.41 Å². The Morgan fingerprint density at radius 3 is 2.57 bits per heavy atom. The van der Waals surface area contributed by atoms with Gasteiger partial charge in [0.25, 0.3) is 0 Å². The van der Waals surface area contributed by atoms with Crippen LogP contribution in [-0.2, 0) is 10.0 Å². The smallest absolute Gasteiger partial charge is 0.246 e. The summed E-state index contributed by atoms with van der Waals surface area (Å²) in [5.41, 5.74) is 3.10. The van der Waals surface area contributed by atoms with Gasteiger partial charge in [-0.25, -0.2) is 8.42 Å². The van der Waals surface area contributed by atoms with Crippen molar-refractivity contribution in [1.82, 2.24) is 9.29 Å². The summed E-state index contributed by atoms with van der Waals surface area (Å²) in [7, 11) is -1.95. The lowest BCUT2D eigenvalue weighted by Crippen LogP contribution is -2.41. The fourth-order valence-corrected chi connectivity index (χ4v) is 4.32. The van der Waals surface area contributed by atoms with E-state index in [1.165, 1.54) is 16.7 Å². The fraction of sp³-hybridized carbons (Fsp3) is 0.643. The molecule has 0 atom stereocenters. The number of nitrogens with zero attached hydrogens (tertiary/aromatic N) is 2. The average molecular weight is 312 g/mol. The molecule has 0 radical (unpaired) electrons. The number of nitrogens with one attached hydrogen (secondary N) is 1. The van der Waals surface area contributed by atoms with E-state index in [1.54, 1.807) is 13.1 Å². The lowest BCUT2D eigenvalue weighted by molar-refractivity contribution is 0.174. The van der Waals surface area contributed by atoms with Crippen molar-refractivity contribution < 1.29 is 8.42 Å². The first-order valence-corrected chi connectivity index (χ1v) is 8.60. The Labute approximate surface area is 126 Å². The molecule has 0 bridgehead atoms. The molecule has 0 saturated heterocycles. The molecule has 1 aromatic rings. The normalized spacial score (nSPS) is 19.7. The van der Waals surface area contributed by atoms with E-state index < -0.39 is 10.0 Å². The minimum absolute atomic E-state index is 0.0360. The zero-order chi connectivity index (χ0) is 15.7. The molecule has 0 unspecified atom stereocenters. The first kappa shape index (κ1) is 16.2. The van der Waals surface area contributed by atoms with Gasteiger partial charge in [-0.15, -0.1) is 0 Å². The third kappa shape index (κ3) is 3.36. The van der Waals surface area contributed by atoms with Crippen molar-refractivity contribution in [3.63, 3.8) is 0 Å². The molecule has 1 aliphatic rings. The molecule has 1 fully saturated rings. The summed E-state index contributed by atoms with van der Waals surface area (Å²) < 4.78 is 27.0. The molecule has 0 aromatic carbocycles. The van der Waals surface area contributed by atoms with Gasteiger partial charge in [0.1, 0.15) is 4.90 Å². The molecule has 0 spiro atoms. The lowest BCUT2D eigenvalue weighted by atomic mass is 9.76. The zero-order valence-corrected chi connectivity index (χ0v) is 13.7. The first-order valence-electron chi connectivity index (χ1n) is 7.16. The number of anilines is 1. The Hall–Kier alpha value is -1.18. The van der Waals surface area contributed by atoms with Gasteiger partial charge in [-0.2, -0.15) is 4.31 Å². The Bertz CT molecular complexity index is 591. The average Bonchev–Trinajstić information content (AvgIpc) is 2.46. The summed E-state index contributed by atoms with van der Waals surface area (Å²) in [5.74, 6) is 5.40. The summed E-state index contributed by atoms with van der Waals surface area (Å²) in [6.07, 6.45) is 6.69. The fourth-order valence-electron chi connectivity index (χ4n) is 2.80. The molecule has 2 rings (SSSR count). The number of sulfonamides is 1. The van der Waals surface area contributed by atoms with E-state index in [4.69, 9.17) is 5.84 Å². The second-order valence-electron chi connectivity index (χ2n) is 6.43. The van der Waals surface area contributed by atoms with Crippen molar-refractivity contribution in [2.75, 3.05) is 12.5 Å². The molecule has 118 valence electrons. The molecule has 0 amide bonds. The van der Waals surface area contributed by atoms with Crippen LogP contribution < -0.4 is 11.3 Å². The maximum atomic E-state index is 12.8. The minimum atomic E-state index is -3.59. The van der Waals surface area contributed by atoms with Crippen LogP contribution in [0.5, 0.6) is 0 Å². The molecular weight excluding hydrogens is 288 g/mol. The van der Waals surface area contributed by atoms with E-state index in [-0.39, 0.29) is 10.9 Å². The standard InChI is InChI=1S/C14H24N4O2S/c1-14(2)7-4-11(5-8-14)18(3)21(19,20)13-10-16-9-6-12(13)17-15/h6,9-11H,4-5,7-8,15H2,1-3H3,(H,16,17). The van der Waals surface area contributed by atoms with Gasteiger partial charge in [0.15, 0.2) is 0 Å². The minimum Gasteiger partial charge on any atom is -0.323 e. The van der Waals surface area contributed by atoms with Gasteiger partial charge in [-0.1, -0.05) is 13.8 Å². The first-order chi connectivity index (χ1) is 9.78. The largest absolute Gasteiger partial charge is 0.323 e. The van der Waals surface area contributed by atoms with Gasteiger partial charge in [0.05, 0.1) is 5.69 Å². The van der Waals surface area contributed by atoms with Crippen molar-refractivity contribution in [2.24, 2.45) is 11.3 Å². The second kappa shape index (κ2) is 5.90. The molecule has 1 saturated carbocycles. The van der Waals surface area contributed by atoms with Crippen LogP contribution in [0.25, 0.3) is 0 Å². The number of nitrogen functional groups attached to an aromatic ring is 1. The Morgan fingerprint density at radius 2 is 2.00 bits per heavy atom. The second-order valence-corrected chi connectivity index (χ2v) is 8.40. The van der Waals surface area contributed by atoms with Crippen LogP contribution in [0.3, 0.4) is 0 Å². The van der Waals surface area contributed by atoms with E-state index in [9.17, 15) is 8.42 Å². The van der Waals surface area contributed by atoms with E-state index in [1.807, 2.05) is 0 Å². The van der Waals surface area contributed by atoms with Gasteiger partial charge in [-0.3, -0.25) is 10.8 Å². The maximum absolute atomic E-state index is 12.8. The van der Waals surface area contributed by atoms with Gasteiger partial charge in [-0.05, 0) is 37.2 Å². The third-order valence-corrected chi connectivity index (χ3v) is 6.36. The SMILES string of the molecule is CN(C1CCC(C)(C)CC1)S(=O)(=O)c1cnccc1NN. The highest BCUT2D eigenvalue weighted by molar-refractivity contribution is 7.89. The molecule has 6 nitrogen and oxygen atoms in total. The van der Waals surface area contributed by atoms with Gasteiger partial charge in [0, 0.05) is 25.5 Å². The number of hydrazine groups is 1. The molecule has 1 aromatic heterocycles. The number of nitrogens with two attached hydrogens (primary N) is 1. The highest BCUT2D eigenvalue weighted by Gasteiger charge is 2.35. The maximum Gasteiger partial charge on any atom is 0.246 e. The van der Waals surface area contributed by atoms with Crippen LogP contribution in [0.15, 0.2) is 23.4 Å². The van der Waals surface area contributed by atoms with Crippen molar-refractivity contribution in [1.29, 1.82) is 0 Å². The molecule has 7 heteroatoms. The number of pyridine rings is 1. The predicted octanol–water partition coefficient (Wildman–Crippen LogP) is 1.96. The van der Waals surface area contributed by atoms with Crippen LogP contribution in [0.1, 0.15) is 39.5 Å². The predicted molar refractivity (Wildman–Crippen MR) is 83.0 cm³/mol. The Morgan fingerprint density at radius 1 is 1.38 bits per heavy atom. The number of hydrogen-bond donors (Lipinski definition) is 2. The summed E-state index contributed by atoms with van der Waals surface area (Å²) in [6, 6.07) is 1.60. The van der Waals surface area contributed by atoms with Crippen LogP contribution in [-0.4, -0.2) is 30.8 Å². The number of hydrogen-bond acceptors (Lipinski definition) is 5. The van der Waals surface area contributed by atoms with Crippen molar-refractivity contribution >= 4 is 15.7 Å². The van der Waals surface area contributed by atoms with E-state index >= 15 is 0 Å². The lowest BCUT2D eigenvalue weighted by Gasteiger charge is -2.38. The van der Waals surface area contributed by atoms with Gasteiger partial charge < -0.3 is 5.43 Å². The molecule has 21 heavy (non-hydrogen) atoms. The van der Waals surface area contributed by atoms with Crippen LogP contribution in [0.2, 0.25) is 0 Å². The van der Waals surface area contributed by atoms with Crippen molar-refractivity contribution in [3.8, 4) is 0 Å². The van der Waals surface area contributed by atoms with E-state index in [2.05, 4.69) is 24.3 Å². The monoisotopic (exact) mass is 312 g/mol. The molecule has 0 aliphatic heterocycles. The van der Waals surface area contributed by atoms with Gasteiger partial charge >= 0.3 is 0 Å². The van der Waals surface area contributed by atoms with Crippen LogP contribution in [0.4, 0.5) is 5.69 Å². The third-order valence-electron chi connectivity index (χ3n) is 4.42. The molecular formula is C14H24N4O2S. The summed E-state index contributed by atoms with van der Waals surface area (Å²) in [6.45, 7) is 4.46. The summed E-state index contributed by atoms with van der Waals surface area (Å²) in [5, 5.41) is 0. The highest BCUT2D eigenvalue weighted by Crippen LogP contribution is 2.38. The van der Waals surface area contributed by atoms with E-state index in [0.29, 0.717) is 11.1 Å². The molecule has 1 aliphatic carbocycles. The van der Waals surface area contributed by atoms with Gasteiger partial charge in [0.2, 0.25) is 10.0 Å². The van der Waals surface area contributed by atoms with Crippen LogP contribution >= 0.6 is 0 Å². The topological polar surface area (TPSA) is 88.3 Å². The highest BCUT2D eigenvalue weighted by atomic mass is 32.2. The van der Waals surface area contributed by atoms with Crippen molar-refractivity contribution in [2.45, 2.75) is 50.5 Å². The quantitative estimate of drug-likeness (QED) is 0.655.